The molecule has 0 radical (unpaired) electrons. The van der Waals surface area contributed by atoms with Crippen molar-refractivity contribution in [2.75, 3.05) is 53.7 Å². The number of rotatable bonds is 8. The van der Waals surface area contributed by atoms with Crippen LogP contribution in [0.2, 0.25) is 0 Å². The maximum Gasteiger partial charge on any atom is 0.329 e. The van der Waals surface area contributed by atoms with Crippen LogP contribution in [0.15, 0.2) is 65.7 Å². The number of nitrogen functional groups attached to an aromatic ring is 1. The molecule has 9 rings (SSSR count). The van der Waals surface area contributed by atoms with Crippen LogP contribution in [0.3, 0.4) is 0 Å². The number of nitrogens with one attached hydrogen (secondary N) is 1. The van der Waals surface area contributed by atoms with E-state index < -0.39 is 11.9 Å². The lowest BCUT2D eigenvalue weighted by molar-refractivity contribution is -0.135. The summed E-state index contributed by atoms with van der Waals surface area (Å²) in [7, 11) is 3.83. The molecule has 4 aliphatic rings. The fraction of sp³-hybridized carbons (Fsp3) is 0.425. The predicted octanol–water partition coefficient (Wildman–Crippen LogP) is 2.81. The molecule has 16 heteroatoms. The van der Waals surface area contributed by atoms with Gasteiger partial charge in [-0.1, -0.05) is 18.2 Å². The summed E-state index contributed by atoms with van der Waals surface area (Å²) in [5, 5.41) is 21.3. The first-order valence-electron chi connectivity index (χ1n) is 19.4. The highest BCUT2D eigenvalue weighted by molar-refractivity contribution is 6.00. The van der Waals surface area contributed by atoms with Crippen LogP contribution in [0, 0.1) is 0 Å². The first kappa shape index (κ1) is 35.7. The Morgan fingerprint density at radius 1 is 0.929 bits per heavy atom. The number of phenolic OH excluding ortho intramolecular Hbond substituents is 1. The van der Waals surface area contributed by atoms with E-state index in [9.17, 15) is 19.5 Å². The van der Waals surface area contributed by atoms with Gasteiger partial charge in [0.05, 0.1) is 28.1 Å². The number of aromatic hydroxyl groups is 1. The summed E-state index contributed by atoms with van der Waals surface area (Å²) in [6.45, 7) is 4.11. The molecule has 2 amide bonds. The molecule has 2 aromatic carbocycles. The van der Waals surface area contributed by atoms with Gasteiger partial charge in [-0.15, -0.1) is 10.2 Å². The number of imidazole rings is 1. The summed E-state index contributed by atoms with van der Waals surface area (Å²) in [5.41, 5.74) is 11.6. The van der Waals surface area contributed by atoms with Gasteiger partial charge in [0.15, 0.2) is 5.82 Å². The van der Waals surface area contributed by atoms with Gasteiger partial charge in [-0.2, -0.15) is 0 Å². The standard InChI is InChI=1S/C40H46N12O4/c1-47(30-7-5-8-31-36(30)48(2)40(56)52(31)32-12-13-35(54)44-38(32)55)25-14-16-49(17-15-25)21-24-19-42-39(43-20-24)51-26-10-11-27(51)23-50(22-26)33-18-29(45-46-37(33)41)28-6-3-4-9-34(28)53/h3-9,18-20,25-27,32,53H,10-17,21-23H2,1-2H3,(H2,41,46)(H,44,54,55). The molecule has 4 aliphatic heterocycles. The average molecular weight is 759 g/mol. The number of likely N-dealkylation sites (tertiary alicyclic amines) is 1. The quantitative estimate of drug-likeness (QED) is 0.197. The van der Waals surface area contributed by atoms with Crippen molar-refractivity contribution in [2.24, 2.45) is 7.05 Å². The number of aryl methyl sites for hydroxylation is 1. The molecule has 0 spiro atoms. The third-order valence-electron chi connectivity index (χ3n) is 12.2. The van der Waals surface area contributed by atoms with Crippen LogP contribution in [-0.4, -0.2) is 102 Å². The first-order chi connectivity index (χ1) is 27.1. The summed E-state index contributed by atoms with van der Waals surface area (Å²) < 4.78 is 3.17. The zero-order valence-electron chi connectivity index (χ0n) is 31.6. The fourth-order valence-corrected chi connectivity index (χ4v) is 9.31. The number of aromatic nitrogens is 6. The van der Waals surface area contributed by atoms with Crippen LogP contribution in [0.25, 0.3) is 22.3 Å². The lowest BCUT2D eigenvalue weighted by atomic mass is 10.0. The summed E-state index contributed by atoms with van der Waals surface area (Å²) >= 11 is 0. The number of piperazine rings is 1. The Morgan fingerprint density at radius 3 is 2.38 bits per heavy atom. The van der Waals surface area contributed by atoms with E-state index in [1.54, 1.807) is 28.3 Å². The molecule has 16 nitrogen and oxygen atoms in total. The second-order valence-corrected chi connectivity index (χ2v) is 15.5. The van der Waals surface area contributed by atoms with Gasteiger partial charge in [-0.05, 0) is 62.4 Å². The highest BCUT2D eigenvalue weighted by Crippen LogP contribution is 2.38. The second-order valence-electron chi connectivity index (χ2n) is 15.5. The number of benzene rings is 2. The van der Waals surface area contributed by atoms with Gasteiger partial charge in [0.1, 0.15) is 11.8 Å². The molecule has 290 valence electrons. The van der Waals surface area contributed by atoms with Gasteiger partial charge in [0.2, 0.25) is 17.8 Å². The molecule has 3 atom stereocenters. The van der Waals surface area contributed by atoms with Gasteiger partial charge >= 0.3 is 5.69 Å². The van der Waals surface area contributed by atoms with Crippen molar-refractivity contribution in [3.8, 4) is 17.0 Å². The monoisotopic (exact) mass is 758 g/mol. The number of nitrogens with two attached hydrogens (primary N) is 1. The third-order valence-corrected chi connectivity index (χ3v) is 12.2. The Bertz CT molecular complexity index is 2360. The van der Waals surface area contributed by atoms with Crippen molar-refractivity contribution < 1.29 is 14.7 Å². The van der Waals surface area contributed by atoms with E-state index in [0.29, 0.717) is 29.0 Å². The summed E-state index contributed by atoms with van der Waals surface area (Å²) in [4.78, 5) is 57.1. The molecule has 5 aromatic rings. The minimum atomic E-state index is -0.715. The van der Waals surface area contributed by atoms with Crippen LogP contribution in [0.4, 0.5) is 23.1 Å². The number of fused-ring (bicyclic) bond motifs is 3. The largest absolute Gasteiger partial charge is 0.507 e. The number of amides is 2. The molecule has 2 bridgehead atoms. The molecule has 7 heterocycles. The number of hydrogen-bond acceptors (Lipinski definition) is 13. The Kier molecular flexibility index (Phi) is 9.06. The van der Waals surface area contributed by atoms with E-state index in [0.717, 1.165) is 86.8 Å². The Balaban J connectivity index is 0.830. The molecular formula is C40H46N12O4. The number of carbonyl (C=O) groups is 2. The summed E-state index contributed by atoms with van der Waals surface area (Å²) in [5.74, 6) is 0.550. The number of para-hydroxylation sites is 2. The Hall–Kier alpha value is -6.03. The number of imide groups is 1. The van der Waals surface area contributed by atoms with Crippen LogP contribution >= 0.6 is 0 Å². The van der Waals surface area contributed by atoms with Crippen molar-refractivity contribution in [1.82, 2.24) is 39.5 Å². The summed E-state index contributed by atoms with van der Waals surface area (Å²) in [6, 6.07) is 14.9. The minimum Gasteiger partial charge on any atom is -0.507 e. The van der Waals surface area contributed by atoms with Crippen molar-refractivity contribution in [3.05, 3.63) is 77.0 Å². The third kappa shape index (κ3) is 6.27. The number of hydrogen-bond donors (Lipinski definition) is 3. The number of piperidine rings is 2. The van der Waals surface area contributed by atoms with Crippen LogP contribution < -0.4 is 31.4 Å². The second kappa shape index (κ2) is 14.2. The molecule has 0 saturated carbocycles. The van der Waals surface area contributed by atoms with Crippen LogP contribution in [0.5, 0.6) is 5.75 Å². The van der Waals surface area contributed by atoms with Gasteiger partial charge in [-0.25, -0.2) is 14.8 Å². The summed E-state index contributed by atoms with van der Waals surface area (Å²) in [6.07, 6.45) is 8.42. The fourth-order valence-electron chi connectivity index (χ4n) is 9.31. The zero-order chi connectivity index (χ0) is 38.7. The maximum atomic E-state index is 13.5. The van der Waals surface area contributed by atoms with Crippen LogP contribution in [0.1, 0.15) is 50.1 Å². The Morgan fingerprint density at radius 2 is 1.66 bits per heavy atom. The topological polar surface area (TPSA) is 184 Å². The van der Waals surface area contributed by atoms with E-state index >= 15 is 0 Å². The lowest BCUT2D eigenvalue weighted by Crippen LogP contribution is -2.54. The zero-order valence-corrected chi connectivity index (χ0v) is 31.6. The lowest BCUT2D eigenvalue weighted by Gasteiger charge is -2.42. The molecule has 4 saturated heterocycles. The van der Waals surface area contributed by atoms with E-state index in [2.05, 4.69) is 42.2 Å². The first-order valence-corrected chi connectivity index (χ1v) is 19.4. The minimum absolute atomic E-state index is 0.154. The van der Waals surface area contributed by atoms with Crippen molar-refractivity contribution in [2.45, 2.75) is 69.2 Å². The van der Waals surface area contributed by atoms with Crippen molar-refractivity contribution in [3.63, 3.8) is 0 Å². The molecule has 56 heavy (non-hydrogen) atoms. The SMILES string of the molecule is CN(c1cccc2c1n(C)c(=O)n2C1CCC(=O)NC1=O)C1CCN(Cc2cnc(N3C4CCC3CN(c3cc(-c5ccccc5O)nnc3N)C4)nc2)CC1. The molecule has 0 aliphatic carbocycles. The molecule has 4 fully saturated rings. The van der Waals surface area contributed by atoms with Gasteiger partial charge in [-0.3, -0.25) is 28.9 Å². The number of nitrogens with zero attached hydrogens (tertiary/aromatic N) is 10. The molecule has 4 N–H and O–H groups in total. The van der Waals surface area contributed by atoms with Crippen molar-refractivity contribution in [1.29, 1.82) is 0 Å². The van der Waals surface area contributed by atoms with E-state index in [1.165, 1.54) is 0 Å². The smallest absolute Gasteiger partial charge is 0.329 e. The molecular weight excluding hydrogens is 713 g/mol. The highest BCUT2D eigenvalue weighted by atomic mass is 16.3. The normalized spacial score (nSPS) is 21.9. The van der Waals surface area contributed by atoms with Gasteiger partial charge < -0.3 is 25.5 Å². The molecule has 3 unspecified atom stereocenters. The van der Waals surface area contributed by atoms with Crippen LogP contribution in [-0.2, 0) is 23.2 Å². The van der Waals surface area contributed by atoms with Gasteiger partial charge in [0.25, 0.3) is 0 Å². The van der Waals surface area contributed by atoms with Crippen molar-refractivity contribution >= 4 is 46.0 Å². The predicted molar refractivity (Wildman–Crippen MR) is 212 cm³/mol. The number of carbonyl (C=O) groups excluding carboxylic acids is 2. The maximum absolute atomic E-state index is 13.5. The van der Waals surface area contributed by atoms with E-state index in [4.69, 9.17) is 15.7 Å². The number of anilines is 4. The van der Waals surface area contributed by atoms with E-state index in [1.807, 2.05) is 48.8 Å². The average Bonchev–Trinajstić information content (AvgIpc) is 3.62. The molecule has 3 aromatic heterocycles. The Labute approximate surface area is 323 Å². The van der Waals surface area contributed by atoms with Gasteiger partial charge in [0, 0.05) is 94.9 Å². The number of phenols is 1. The highest BCUT2D eigenvalue weighted by Gasteiger charge is 2.42. The van der Waals surface area contributed by atoms with E-state index in [-0.39, 0.29) is 41.9 Å².